The topological polar surface area (TPSA) is 0 Å². The maximum absolute atomic E-state index is 2.47. The summed E-state index contributed by atoms with van der Waals surface area (Å²) in [7, 11) is 0. The first-order valence-corrected chi connectivity index (χ1v) is 7.69. The highest BCUT2D eigenvalue weighted by Gasteiger charge is 2.46. The van der Waals surface area contributed by atoms with Crippen molar-refractivity contribution in [3.63, 3.8) is 0 Å². The summed E-state index contributed by atoms with van der Waals surface area (Å²) in [6, 6.07) is 0. The molecule has 100 valence electrons. The molecular formula is C17H32. The zero-order chi connectivity index (χ0) is 12.8. The highest BCUT2D eigenvalue weighted by Crippen LogP contribution is 2.56. The third-order valence-electron chi connectivity index (χ3n) is 5.70. The first kappa shape index (κ1) is 13.4. The predicted octanol–water partition coefficient (Wildman–Crippen LogP) is 5.52. The van der Waals surface area contributed by atoms with Gasteiger partial charge in [0.25, 0.3) is 0 Å². The van der Waals surface area contributed by atoms with Crippen LogP contribution >= 0.6 is 0 Å². The van der Waals surface area contributed by atoms with Crippen molar-refractivity contribution in [2.45, 2.75) is 73.6 Å². The predicted molar refractivity (Wildman–Crippen MR) is 76.0 cm³/mol. The molecule has 0 nitrogen and oxygen atoms in total. The van der Waals surface area contributed by atoms with E-state index in [0.717, 1.165) is 23.7 Å². The Morgan fingerprint density at radius 3 is 1.94 bits per heavy atom. The number of fused-ring (bicyclic) bond motifs is 1. The van der Waals surface area contributed by atoms with Crippen molar-refractivity contribution in [2.24, 2.45) is 34.5 Å². The molecule has 0 saturated heterocycles. The van der Waals surface area contributed by atoms with Crippen molar-refractivity contribution in [1.29, 1.82) is 0 Å². The fourth-order valence-corrected chi connectivity index (χ4v) is 4.53. The van der Waals surface area contributed by atoms with Gasteiger partial charge in [-0.15, -0.1) is 0 Å². The highest BCUT2D eigenvalue weighted by atomic mass is 14.5. The number of hydrogen-bond donors (Lipinski definition) is 0. The Morgan fingerprint density at radius 1 is 0.765 bits per heavy atom. The van der Waals surface area contributed by atoms with Gasteiger partial charge in [0, 0.05) is 0 Å². The maximum Gasteiger partial charge on any atom is -0.0331 e. The van der Waals surface area contributed by atoms with Crippen LogP contribution in [0.15, 0.2) is 0 Å². The van der Waals surface area contributed by atoms with E-state index in [1.807, 2.05) is 0 Å². The molecule has 2 aliphatic carbocycles. The van der Waals surface area contributed by atoms with Gasteiger partial charge in [0.05, 0.1) is 0 Å². The zero-order valence-corrected chi connectivity index (χ0v) is 12.8. The van der Waals surface area contributed by atoms with Crippen LogP contribution in [0.3, 0.4) is 0 Å². The van der Waals surface area contributed by atoms with E-state index in [1.54, 1.807) is 0 Å². The fraction of sp³-hybridized carbons (Fsp3) is 1.00. The van der Waals surface area contributed by atoms with E-state index in [0.29, 0.717) is 10.8 Å². The molecule has 0 amide bonds. The normalized spacial score (nSPS) is 39.2. The minimum absolute atomic E-state index is 0.511. The Hall–Kier alpha value is 0. The molecule has 4 atom stereocenters. The molecule has 0 spiro atoms. The third kappa shape index (κ3) is 2.71. The molecule has 0 bridgehead atoms. The van der Waals surface area contributed by atoms with Gasteiger partial charge in [0.1, 0.15) is 0 Å². The van der Waals surface area contributed by atoms with E-state index < -0.39 is 0 Å². The van der Waals surface area contributed by atoms with Gasteiger partial charge in [-0.1, -0.05) is 54.4 Å². The van der Waals surface area contributed by atoms with Gasteiger partial charge in [-0.2, -0.15) is 0 Å². The molecule has 0 aliphatic heterocycles. The molecule has 0 aromatic rings. The van der Waals surface area contributed by atoms with Gasteiger partial charge < -0.3 is 0 Å². The van der Waals surface area contributed by atoms with E-state index in [-0.39, 0.29) is 0 Å². The largest absolute Gasteiger partial charge is 0.0599 e. The van der Waals surface area contributed by atoms with Gasteiger partial charge in [0.2, 0.25) is 0 Å². The van der Waals surface area contributed by atoms with Gasteiger partial charge >= 0.3 is 0 Å². The second-order valence-corrected chi connectivity index (χ2v) is 8.86. The van der Waals surface area contributed by atoms with Crippen LogP contribution in [0.2, 0.25) is 0 Å². The molecule has 17 heavy (non-hydrogen) atoms. The van der Waals surface area contributed by atoms with Gasteiger partial charge in [-0.05, 0) is 53.8 Å². The van der Waals surface area contributed by atoms with E-state index >= 15 is 0 Å². The van der Waals surface area contributed by atoms with Crippen molar-refractivity contribution in [2.75, 3.05) is 0 Å². The minimum atomic E-state index is 0.511. The smallest absolute Gasteiger partial charge is 0.0331 e. The lowest BCUT2D eigenvalue weighted by Gasteiger charge is -2.49. The number of hydrogen-bond acceptors (Lipinski definition) is 0. The number of rotatable bonds is 0. The quantitative estimate of drug-likeness (QED) is 0.519. The van der Waals surface area contributed by atoms with Crippen LogP contribution in [-0.4, -0.2) is 0 Å². The SMILES string of the molecule is CC(C)(C)C1CC2CCCC2C(C(C)(C)C)C1. The first-order chi connectivity index (χ1) is 7.69. The molecule has 2 rings (SSSR count). The fourth-order valence-electron chi connectivity index (χ4n) is 4.53. The van der Waals surface area contributed by atoms with Crippen LogP contribution in [0.4, 0.5) is 0 Å². The third-order valence-corrected chi connectivity index (χ3v) is 5.70. The summed E-state index contributed by atoms with van der Waals surface area (Å²) in [5, 5.41) is 0. The summed E-state index contributed by atoms with van der Waals surface area (Å²) >= 11 is 0. The molecular weight excluding hydrogens is 204 g/mol. The van der Waals surface area contributed by atoms with Crippen molar-refractivity contribution in [1.82, 2.24) is 0 Å². The summed E-state index contributed by atoms with van der Waals surface area (Å²) in [6.07, 6.45) is 7.53. The average molecular weight is 236 g/mol. The van der Waals surface area contributed by atoms with E-state index in [9.17, 15) is 0 Å². The van der Waals surface area contributed by atoms with E-state index in [4.69, 9.17) is 0 Å². The van der Waals surface area contributed by atoms with E-state index in [1.165, 1.54) is 32.1 Å². The zero-order valence-electron chi connectivity index (χ0n) is 12.8. The van der Waals surface area contributed by atoms with Gasteiger partial charge in [-0.3, -0.25) is 0 Å². The molecule has 0 aromatic carbocycles. The lowest BCUT2D eigenvalue weighted by Crippen LogP contribution is -2.40. The maximum atomic E-state index is 2.47. The molecule has 0 N–H and O–H groups in total. The Balaban J connectivity index is 2.19. The summed E-state index contributed by atoms with van der Waals surface area (Å²) in [6.45, 7) is 14.8. The Morgan fingerprint density at radius 2 is 1.41 bits per heavy atom. The molecule has 0 heterocycles. The highest BCUT2D eigenvalue weighted by molar-refractivity contribution is 4.96. The molecule has 0 heteroatoms. The molecule has 0 aromatic heterocycles. The lowest BCUT2D eigenvalue weighted by molar-refractivity contribution is 0.00857. The summed E-state index contributed by atoms with van der Waals surface area (Å²) < 4.78 is 0. The minimum Gasteiger partial charge on any atom is -0.0599 e. The van der Waals surface area contributed by atoms with Gasteiger partial charge in [0.15, 0.2) is 0 Å². The first-order valence-electron chi connectivity index (χ1n) is 7.69. The Labute approximate surface area is 109 Å². The van der Waals surface area contributed by atoms with Crippen LogP contribution < -0.4 is 0 Å². The molecule has 4 unspecified atom stereocenters. The molecule has 2 saturated carbocycles. The molecule has 2 aliphatic rings. The monoisotopic (exact) mass is 236 g/mol. The van der Waals surface area contributed by atoms with Crippen LogP contribution in [0.5, 0.6) is 0 Å². The molecule has 0 radical (unpaired) electrons. The second kappa shape index (κ2) is 4.28. The Kier molecular flexibility index (Phi) is 3.38. The Bertz CT molecular complexity index is 263. The average Bonchev–Trinajstić information content (AvgIpc) is 2.59. The van der Waals surface area contributed by atoms with E-state index in [2.05, 4.69) is 41.5 Å². The molecule has 2 fully saturated rings. The van der Waals surface area contributed by atoms with Crippen molar-refractivity contribution < 1.29 is 0 Å². The second-order valence-electron chi connectivity index (χ2n) is 8.86. The lowest BCUT2D eigenvalue weighted by atomic mass is 9.57. The van der Waals surface area contributed by atoms with Crippen molar-refractivity contribution in [3.05, 3.63) is 0 Å². The summed E-state index contributed by atoms with van der Waals surface area (Å²) in [5.74, 6) is 4.02. The van der Waals surface area contributed by atoms with Crippen molar-refractivity contribution >= 4 is 0 Å². The van der Waals surface area contributed by atoms with Gasteiger partial charge in [-0.25, -0.2) is 0 Å². The summed E-state index contributed by atoms with van der Waals surface area (Å²) in [5.41, 5.74) is 1.02. The summed E-state index contributed by atoms with van der Waals surface area (Å²) in [4.78, 5) is 0. The standard InChI is InChI=1S/C17H32/c1-16(2,3)13-10-12-8-7-9-14(12)15(11-13)17(4,5)6/h12-15H,7-11H2,1-6H3. The van der Waals surface area contributed by atoms with Crippen LogP contribution in [0.25, 0.3) is 0 Å². The van der Waals surface area contributed by atoms with Crippen molar-refractivity contribution in [3.8, 4) is 0 Å². The van der Waals surface area contributed by atoms with Crippen LogP contribution in [-0.2, 0) is 0 Å². The van der Waals surface area contributed by atoms with Crippen LogP contribution in [0.1, 0.15) is 73.6 Å². The van der Waals surface area contributed by atoms with Crippen LogP contribution in [0, 0.1) is 34.5 Å².